The van der Waals surface area contributed by atoms with Crippen molar-refractivity contribution in [2.24, 2.45) is 0 Å². The zero-order valence-corrected chi connectivity index (χ0v) is 16.2. The van der Waals surface area contributed by atoms with Gasteiger partial charge in [-0.2, -0.15) is 4.31 Å². The number of aryl methyl sites for hydroxylation is 1. The monoisotopic (exact) mass is 401 g/mol. The molecule has 3 fully saturated rings. The summed E-state index contributed by atoms with van der Waals surface area (Å²) in [5.41, 5.74) is 0.572. The van der Waals surface area contributed by atoms with E-state index in [0.29, 0.717) is 37.9 Å². The Hall–Kier alpha value is -1.16. The van der Waals surface area contributed by atoms with E-state index in [2.05, 4.69) is 9.88 Å². The summed E-state index contributed by atoms with van der Waals surface area (Å²) in [6.07, 6.45) is 1.77. The van der Waals surface area contributed by atoms with Crippen LogP contribution in [0.4, 0.5) is 8.78 Å². The van der Waals surface area contributed by atoms with Crippen molar-refractivity contribution in [3.63, 3.8) is 0 Å². The summed E-state index contributed by atoms with van der Waals surface area (Å²) in [4.78, 5) is 6.64. The molecule has 0 spiro atoms. The van der Waals surface area contributed by atoms with E-state index in [0.717, 1.165) is 26.1 Å². The van der Waals surface area contributed by atoms with Crippen LogP contribution in [0, 0.1) is 6.92 Å². The number of rotatable bonds is 4. The fraction of sp³-hybridized carbons (Fsp3) is 0.722. The smallest absolute Gasteiger partial charge is 0.257 e. The number of pyridine rings is 1. The van der Waals surface area contributed by atoms with Crippen molar-refractivity contribution in [2.75, 3.05) is 39.4 Å². The lowest BCUT2D eigenvalue weighted by Gasteiger charge is -2.40. The molecular formula is C18H25F2N3O3S. The molecule has 1 saturated carbocycles. The van der Waals surface area contributed by atoms with E-state index in [4.69, 9.17) is 4.74 Å². The van der Waals surface area contributed by atoms with Gasteiger partial charge in [0.15, 0.2) is 0 Å². The van der Waals surface area contributed by atoms with Crippen LogP contribution in [0.25, 0.3) is 0 Å². The molecule has 0 radical (unpaired) electrons. The largest absolute Gasteiger partial charge is 0.381 e. The standard InChI is InChI=1S/C18H25F2N3O3S/c1-13-17(3-2-16(21-13)15-12-18(15,19)20)27(24,25)23-8-6-22(7-9-23)14-4-10-26-11-5-14/h2-3,14-15H,4-12H2,1H3. The Morgan fingerprint density at radius 1 is 1.15 bits per heavy atom. The predicted octanol–water partition coefficient (Wildman–Crippen LogP) is 2.00. The van der Waals surface area contributed by atoms with Crippen molar-refractivity contribution in [3.05, 3.63) is 23.5 Å². The molecule has 0 N–H and O–H groups in total. The number of piperazine rings is 1. The number of sulfonamides is 1. The lowest BCUT2D eigenvalue weighted by atomic mass is 10.1. The fourth-order valence-corrected chi connectivity index (χ4v) is 5.65. The molecule has 1 atom stereocenters. The third kappa shape index (κ3) is 3.74. The number of hydrogen-bond donors (Lipinski definition) is 0. The molecule has 3 heterocycles. The minimum absolute atomic E-state index is 0.120. The molecule has 0 bridgehead atoms. The Kier molecular flexibility index (Phi) is 4.99. The summed E-state index contributed by atoms with van der Waals surface area (Å²) in [5, 5.41) is 0. The van der Waals surface area contributed by atoms with Crippen molar-refractivity contribution in [3.8, 4) is 0 Å². The van der Waals surface area contributed by atoms with Gasteiger partial charge in [-0.1, -0.05) is 0 Å². The van der Waals surface area contributed by atoms with Crippen LogP contribution < -0.4 is 0 Å². The van der Waals surface area contributed by atoms with Gasteiger partial charge in [-0.05, 0) is 31.9 Å². The van der Waals surface area contributed by atoms with Crippen molar-refractivity contribution < 1.29 is 21.9 Å². The molecule has 2 aliphatic heterocycles. The van der Waals surface area contributed by atoms with E-state index < -0.39 is 21.9 Å². The van der Waals surface area contributed by atoms with Crippen LogP contribution in [-0.4, -0.2) is 74.0 Å². The van der Waals surface area contributed by atoms with Crippen LogP contribution in [0.3, 0.4) is 0 Å². The van der Waals surface area contributed by atoms with Gasteiger partial charge in [0.2, 0.25) is 10.0 Å². The highest BCUT2D eigenvalue weighted by atomic mass is 32.2. The van der Waals surface area contributed by atoms with Crippen LogP contribution in [0.1, 0.15) is 36.6 Å². The van der Waals surface area contributed by atoms with Crippen LogP contribution in [0.15, 0.2) is 17.0 Å². The molecule has 0 aromatic carbocycles. The summed E-state index contributed by atoms with van der Waals surface area (Å²) in [6.45, 7) is 5.37. The molecule has 1 aliphatic carbocycles. The molecule has 3 aliphatic rings. The van der Waals surface area contributed by atoms with Gasteiger partial charge in [-0.25, -0.2) is 17.2 Å². The van der Waals surface area contributed by atoms with Gasteiger partial charge in [0.25, 0.3) is 5.92 Å². The Labute approximate surface area is 158 Å². The zero-order valence-electron chi connectivity index (χ0n) is 15.4. The lowest BCUT2D eigenvalue weighted by molar-refractivity contribution is 0.0229. The third-order valence-corrected chi connectivity index (χ3v) is 7.87. The summed E-state index contributed by atoms with van der Waals surface area (Å²) in [5.74, 6) is -3.59. The maximum absolute atomic E-state index is 13.3. The molecule has 27 heavy (non-hydrogen) atoms. The molecule has 4 rings (SSSR count). The second kappa shape index (κ2) is 7.02. The highest BCUT2D eigenvalue weighted by Gasteiger charge is 2.58. The van der Waals surface area contributed by atoms with E-state index in [9.17, 15) is 17.2 Å². The summed E-state index contributed by atoms with van der Waals surface area (Å²) in [6, 6.07) is 3.34. The van der Waals surface area contributed by atoms with Crippen molar-refractivity contribution in [2.45, 2.75) is 49.0 Å². The molecule has 6 nitrogen and oxygen atoms in total. The molecule has 1 unspecified atom stereocenters. The molecule has 150 valence electrons. The van der Waals surface area contributed by atoms with Gasteiger partial charge < -0.3 is 4.74 Å². The first kappa shape index (κ1) is 19.2. The number of nitrogens with zero attached hydrogens (tertiary/aromatic N) is 3. The van der Waals surface area contributed by atoms with E-state index in [-0.39, 0.29) is 17.0 Å². The average Bonchev–Trinajstić information content (AvgIpc) is 3.30. The zero-order chi connectivity index (χ0) is 19.2. The highest BCUT2D eigenvalue weighted by molar-refractivity contribution is 7.89. The number of ether oxygens (including phenoxy) is 1. The van der Waals surface area contributed by atoms with Gasteiger partial charge in [0, 0.05) is 51.9 Å². The maximum atomic E-state index is 13.3. The first-order valence-electron chi connectivity index (χ1n) is 9.46. The molecular weight excluding hydrogens is 376 g/mol. The summed E-state index contributed by atoms with van der Waals surface area (Å²) >= 11 is 0. The second-order valence-corrected chi connectivity index (χ2v) is 9.53. The summed E-state index contributed by atoms with van der Waals surface area (Å²) in [7, 11) is -3.67. The van der Waals surface area contributed by atoms with E-state index in [1.165, 1.54) is 16.4 Å². The van der Waals surface area contributed by atoms with E-state index in [1.807, 2.05) is 0 Å². The topological polar surface area (TPSA) is 62.7 Å². The highest BCUT2D eigenvalue weighted by Crippen LogP contribution is 2.55. The van der Waals surface area contributed by atoms with Gasteiger partial charge in [0.05, 0.1) is 17.3 Å². The van der Waals surface area contributed by atoms with Gasteiger partial charge in [-0.15, -0.1) is 0 Å². The van der Waals surface area contributed by atoms with Crippen molar-refractivity contribution >= 4 is 10.0 Å². The van der Waals surface area contributed by atoms with Crippen LogP contribution in [0.5, 0.6) is 0 Å². The van der Waals surface area contributed by atoms with Crippen molar-refractivity contribution in [1.82, 2.24) is 14.2 Å². The van der Waals surface area contributed by atoms with Crippen LogP contribution in [-0.2, 0) is 14.8 Å². The SMILES string of the molecule is Cc1nc(C2CC2(F)F)ccc1S(=O)(=O)N1CCN(C2CCOCC2)CC1. The molecule has 9 heteroatoms. The van der Waals surface area contributed by atoms with Gasteiger partial charge >= 0.3 is 0 Å². The first-order chi connectivity index (χ1) is 12.8. The van der Waals surface area contributed by atoms with E-state index in [1.54, 1.807) is 6.92 Å². The van der Waals surface area contributed by atoms with Crippen molar-refractivity contribution in [1.29, 1.82) is 0 Å². The lowest BCUT2D eigenvalue weighted by Crippen LogP contribution is -2.53. The number of halogens is 2. The molecule has 1 aromatic rings. The average molecular weight is 401 g/mol. The molecule has 1 aromatic heterocycles. The number of alkyl halides is 2. The Bertz CT molecular complexity index is 804. The Balaban J connectivity index is 1.44. The van der Waals surface area contributed by atoms with Crippen LogP contribution in [0.2, 0.25) is 0 Å². The minimum Gasteiger partial charge on any atom is -0.381 e. The number of aromatic nitrogens is 1. The second-order valence-electron chi connectivity index (χ2n) is 7.62. The fourth-order valence-electron chi connectivity index (χ4n) is 4.07. The van der Waals surface area contributed by atoms with E-state index >= 15 is 0 Å². The molecule has 0 amide bonds. The first-order valence-corrected chi connectivity index (χ1v) is 10.9. The van der Waals surface area contributed by atoms with Gasteiger partial charge in [-0.3, -0.25) is 9.88 Å². The maximum Gasteiger partial charge on any atom is 0.257 e. The Morgan fingerprint density at radius 2 is 1.78 bits per heavy atom. The van der Waals surface area contributed by atoms with Crippen LogP contribution >= 0.6 is 0 Å². The number of hydrogen-bond acceptors (Lipinski definition) is 5. The third-order valence-electron chi connectivity index (χ3n) is 5.84. The molecule has 2 saturated heterocycles. The quantitative estimate of drug-likeness (QED) is 0.772. The van der Waals surface area contributed by atoms with Gasteiger partial charge in [0.1, 0.15) is 4.90 Å². The predicted molar refractivity (Wildman–Crippen MR) is 95.5 cm³/mol. The minimum atomic E-state index is -3.67. The normalized spacial score (nSPS) is 27.6. The summed E-state index contributed by atoms with van der Waals surface area (Å²) < 4.78 is 59.4. The Morgan fingerprint density at radius 3 is 2.33 bits per heavy atom.